The average molecular weight is 286 g/mol. The monoisotopic (exact) mass is 286 g/mol. The third-order valence-corrected chi connectivity index (χ3v) is 4.74. The number of hydrogen-bond acceptors (Lipinski definition) is 2. The minimum absolute atomic E-state index is 0.284. The minimum Gasteiger partial charge on any atom is -0.478 e. The number of para-hydroxylation sites is 1. The lowest BCUT2D eigenvalue weighted by Crippen LogP contribution is -2.15. The van der Waals surface area contributed by atoms with Gasteiger partial charge in [-0.25, -0.2) is 9.78 Å². The first kappa shape index (κ1) is 14.1. The molecule has 112 valence electrons. The number of carbonyl (C=O) groups is 1. The van der Waals surface area contributed by atoms with E-state index in [0.29, 0.717) is 11.0 Å². The Balaban J connectivity index is 2.22. The summed E-state index contributed by atoms with van der Waals surface area (Å²) >= 11 is 0. The number of fused-ring (bicyclic) bond motifs is 1. The van der Waals surface area contributed by atoms with E-state index >= 15 is 0 Å². The van der Waals surface area contributed by atoms with Gasteiger partial charge in [-0.15, -0.1) is 0 Å². The number of aromatic carboxylic acids is 1. The van der Waals surface area contributed by atoms with Crippen LogP contribution in [0.15, 0.2) is 18.2 Å². The van der Waals surface area contributed by atoms with Crippen molar-refractivity contribution >= 4 is 17.0 Å². The lowest BCUT2D eigenvalue weighted by Gasteiger charge is -2.18. The molecule has 0 bridgehead atoms. The van der Waals surface area contributed by atoms with E-state index in [0.717, 1.165) is 29.8 Å². The fourth-order valence-electron chi connectivity index (χ4n) is 3.11. The number of carboxylic acids is 1. The van der Waals surface area contributed by atoms with Gasteiger partial charge in [-0.05, 0) is 36.8 Å². The largest absolute Gasteiger partial charge is 0.478 e. The van der Waals surface area contributed by atoms with E-state index in [2.05, 4.69) is 25.3 Å². The normalized spacial score (nSPS) is 16.6. The highest BCUT2D eigenvalue weighted by molar-refractivity contribution is 6.01. The molecule has 1 aromatic carbocycles. The molecule has 0 aliphatic heterocycles. The van der Waals surface area contributed by atoms with Gasteiger partial charge in [0.05, 0.1) is 16.6 Å². The van der Waals surface area contributed by atoms with Crippen LogP contribution in [0, 0.1) is 5.41 Å². The Morgan fingerprint density at radius 3 is 2.67 bits per heavy atom. The highest BCUT2D eigenvalue weighted by Gasteiger charge is 2.42. The molecule has 4 heteroatoms. The molecule has 1 aliphatic carbocycles. The molecule has 0 radical (unpaired) electrons. The first-order valence-corrected chi connectivity index (χ1v) is 7.70. The summed E-state index contributed by atoms with van der Waals surface area (Å²) in [6.45, 7) is 7.34. The predicted molar refractivity (Wildman–Crippen MR) is 82.7 cm³/mol. The second kappa shape index (κ2) is 4.86. The van der Waals surface area contributed by atoms with Crippen LogP contribution in [0.5, 0.6) is 0 Å². The maximum Gasteiger partial charge on any atom is 0.337 e. The lowest BCUT2D eigenvalue weighted by atomic mass is 10.0. The van der Waals surface area contributed by atoms with Crippen molar-refractivity contribution in [1.29, 1.82) is 0 Å². The average Bonchev–Trinajstić information content (AvgIpc) is 3.13. The summed E-state index contributed by atoms with van der Waals surface area (Å²) in [5.74, 6) is 0.406. The lowest BCUT2D eigenvalue weighted by molar-refractivity contribution is 0.0698. The fraction of sp³-hybridized carbons (Fsp3) is 0.529. The number of nitrogens with zero attached hydrogens (tertiary/aromatic N) is 2. The molecule has 1 fully saturated rings. The zero-order chi connectivity index (χ0) is 15.2. The Morgan fingerprint density at radius 2 is 2.14 bits per heavy atom. The van der Waals surface area contributed by atoms with Gasteiger partial charge in [0.25, 0.3) is 0 Å². The van der Waals surface area contributed by atoms with Crippen molar-refractivity contribution in [2.75, 3.05) is 0 Å². The molecule has 0 atom stereocenters. The standard InChI is InChI=1S/C17H22N2O2/c1-4-17(8-9-17)10-19-14-12(16(20)21)6-5-7-13(14)18-15(19)11(2)3/h5-7,11H,4,8-10H2,1-3H3,(H,20,21). The van der Waals surface area contributed by atoms with Crippen LogP contribution in [0.25, 0.3) is 11.0 Å². The van der Waals surface area contributed by atoms with Crippen LogP contribution in [0.1, 0.15) is 62.1 Å². The number of aromatic nitrogens is 2. The van der Waals surface area contributed by atoms with Gasteiger partial charge in [0.2, 0.25) is 0 Å². The highest BCUT2D eigenvalue weighted by atomic mass is 16.4. The van der Waals surface area contributed by atoms with Crippen LogP contribution in [-0.4, -0.2) is 20.6 Å². The van der Waals surface area contributed by atoms with Crippen molar-refractivity contribution in [1.82, 2.24) is 9.55 Å². The molecule has 0 amide bonds. The maximum absolute atomic E-state index is 11.6. The van der Waals surface area contributed by atoms with Crippen molar-refractivity contribution in [2.45, 2.75) is 52.5 Å². The summed E-state index contributed by atoms with van der Waals surface area (Å²) in [5, 5.41) is 9.49. The Kier molecular flexibility index (Phi) is 3.27. The number of carboxylic acid groups (broad SMARTS) is 1. The van der Waals surface area contributed by atoms with Crippen molar-refractivity contribution in [3.8, 4) is 0 Å². The molecule has 1 heterocycles. The predicted octanol–water partition coefficient (Wildman–Crippen LogP) is 4.05. The number of imidazole rings is 1. The van der Waals surface area contributed by atoms with E-state index in [9.17, 15) is 9.90 Å². The van der Waals surface area contributed by atoms with E-state index in [1.807, 2.05) is 6.07 Å². The van der Waals surface area contributed by atoms with Gasteiger partial charge in [-0.3, -0.25) is 0 Å². The molecule has 4 nitrogen and oxygen atoms in total. The Morgan fingerprint density at radius 1 is 1.43 bits per heavy atom. The quantitative estimate of drug-likeness (QED) is 0.902. The fourth-order valence-corrected chi connectivity index (χ4v) is 3.11. The Labute approximate surface area is 124 Å². The van der Waals surface area contributed by atoms with E-state index in [4.69, 9.17) is 4.98 Å². The number of hydrogen-bond donors (Lipinski definition) is 1. The maximum atomic E-state index is 11.6. The third kappa shape index (κ3) is 2.33. The van der Waals surface area contributed by atoms with Crippen LogP contribution in [-0.2, 0) is 6.54 Å². The van der Waals surface area contributed by atoms with Gasteiger partial charge < -0.3 is 9.67 Å². The Bertz CT molecular complexity index is 696. The molecule has 21 heavy (non-hydrogen) atoms. The molecule has 0 saturated heterocycles. The van der Waals surface area contributed by atoms with E-state index < -0.39 is 5.97 Å². The van der Waals surface area contributed by atoms with E-state index in [1.165, 1.54) is 12.8 Å². The smallest absolute Gasteiger partial charge is 0.337 e. The van der Waals surface area contributed by atoms with Crippen LogP contribution < -0.4 is 0 Å². The van der Waals surface area contributed by atoms with Crippen LogP contribution in [0.3, 0.4) is 0 Å². The second-order valence-corrected chi connectivity index (χ2v) is 6.54. The molecular formula is C17H22N2O2. The minimum atomic E-state index is -0.876. The molecule has 1 aromatic heterocycles. The molecule has 0 spiro atoms. The molecule has 1 aliphatic rings. The van der Waals surface area contributed by atoms with E-state index in [1.54, 1.807) is 12.1 Å². The SMILES string of the molecule is CCC1(Cn2c(C(C)C)nc3cccc(C(=O)O)c32)CC1. The van der Waals surface area contributed by atoms with Gasteiger partial charge in [-0.1, -0.05) is 26.8 Å². The molecule has 2 aromatic rings. The topological polar surface area (TPSA) is 55.1 Å². The van der Waals surface area contributed by atoms with Crippen LogP contribution in [0.4, 0.5) is 0 Å². The number of rotatable bonds is 5. The summed E-state index contributed by atoms with van der Waals surface area (Å²) in [6.07, 6.45) is 3.60. The summed E-state index contributed by atoms with van der Waals surface area (Å²) in [5.41, 5.74) is 2.29. The summed E-state index contributed by atoms with van der Waals surface area (Å²) < 4.78 is 2.17. The van der Waals surface area contributed by atoms with Crippen molar-refractivity contribution in [2.24, 2.45) is 5.41 Å². The van der Waals surface area contributed by atoms with Gasteiger partial charge in [0.1, 0.15) is 5.82 Å². The third-order valence-electron chi connectivity index (χ3n) is 4.74. The molecule has 3 rings (SSSR count). The first-order chi connectivity index (χ1) is 9.97. The summed E-state index contributed by atoms with van der Waals surface area (Å²) in [6, 6.07) is 5.37. The zero-order valence-corrected chi connectivity index (χ0v) is 12.9. The summed E-state index contributed by atoms with van der Waals surface area (Å²) in [7, 11) is 0. The highest BCUT2D eigenvalue weighted by Crippen LogP contribution is 2.50. The molecule has 1 saturated carbocycles. The number of benzene rings is 1. The Hall–Kier alpha value is -1.84. The zero-order valence-electron chi connectivity index (χ0n) is 12.9. The van der Waals surface area contributed by atoms with Gasteiger partial charge >= 0.3 is 5.97 Å². The van der Waals surface area contributed by atoms with E-state index in [-0.39, 0.29) is 5.92 Å². The van der Waals surface area contributed by atoms with Gasteiger partial charge in [0.15, 0.2) is 0 Å². The van der Waals surface area contributed by atoms with Crippen molar-refractivity contribution in [3.05, 3.63) is 29.6 Å². The van der Waals surface area contributed by atoms with Crippen molar-refractivity contribution < 1.29 is 9.90 Å². The van der Waals surface area contributed by atoms with Gasteiger partial charge in [-0.2, -0.15) is 0 Å². The molecule has 1 N–H and O–H groups in total. The second-order valence-electron chi connectivity index (χ2n) is 6.54. The van der Waals surface area contributed by atoms with Crippen molar-refractivity contribution in [3.63, 3.8) is 0 Å². The first-order valence-electron chi connectivity index (χ1n) is 7.70. The molecular weight excluding hydrogens is 264 g/mol. The summed E-state index contributed by atoms with van der Waals surface area (Å²) in [4.78, 5) is 16.3. The van der Waals surface area contributed by atoms with Crippen LogP contribution in [0.2, 0.25) is 0 Å². The molecule has 0 unspecified atom stereocenters. The van der Waals surface area contributed by atoms with Gasteiger partial charge in [0, 0.05) is 12.5 Å². The van der Waals surface area contributed by atoms with Crippen LogP contribution >= 0.6 is 0 Å².